The summed E-state index contributed by atoms with van der Waals surface area (Å²) < 4.78 is 9.78. The lowest BCUT2D eigenvalue weighted by atomic mass is 10.3. The van der Waals surface area contributed by atoms with Gasteiger partial charge in [0.15, 0.2) is 11.2 Å². The summed E-state index contributed by atoms with van der Waals surface area (Å²) in [6.45, 7) is 0.875. The highest BCUT2D eigenvalue weighted by molar-refractivity contribution is 5.69. The highest BCUT2D eigenvalue weighted by Crippen LogP contribution is 2.09. The van der Waals surface area contributed by atoms with Gasteiger partial charge in [0.05, 0.1) is 12.9 Å². The van der Waals surface area contributed by atoms with Crippen LogP contribution in [0.1, 0.15) is 0 Å². The van der Waals surface area contributed by atoms with Crippen LogP contribution in [0.3, 0.4) is 0 Å². The van der Waals surface area contributed by atoms with Crippen molar-refractivity contribution in [3.63, 3.8) is 0 Å². The van der Waals surface area contributed by atoms with E-state index in [-0.39, 0.29) is 11.2 Å². The number of aromatic nitrogens is 4. The smallest absolute Gasteiger partial charge is 0.332 e. The van der Waals surface area contributed by atoms with Gasteiger partial charge in [-0.2, -0.15) is 0 Å². The molecule has 0 N–H and O–H groups in total. The lowest BCUT2D eigenvalue weighted by Crippen LogP contribution is -2.37. The lowest BCUT2D eigenvalue weighted by Gasteiger charge is -2.08. The van der Waals surface area contributed by atoms with Gasteiger partial charge in [0.2, 0.25) is 0 Å². The fourth-order valence-corrected chi connectivity index (χ4v) is 2.35. The Hall–Kier alpha value is -2.83. The third kappa shape index (κ3) is 2.30. The summed E-state index contributed by atoms with van der Waals surface area (Å²) in [6, 6.07) is 9.45. The Balaban J connectivity index is 1.89. The maximum atomic E-state index is 12.3. The minimum atomic E-state index is -0.386. The van der Waals surface area contributed by atoms with Crippen molar-refractivity contribution in [3.8, 4) is 5.75 Å². The third-order valence-electron chi connectivity index (χ3n) is 3.56. The van der Waals surface area contributed by atoms with Crippen LogP contribution in [-0.4, -0.2) is 25.3 Å². The van der Waals surface area contributed by atoms with Crippen molar-refractivity contribution in [2.75, 3.05) is 6.61 Å². The van der Waals surface area contributed by atoms with Gasteiger partial charge in [-0.25, -0.2) is 9.78 Å². The zero-order valence-corrected chi connectivity index (χ0v) is 12.4. The summed E-state index contributed by atoms with van der Waals surface area (Å²) in [6.07, 6.45) is 1.56. The molecule has 22 heavy (non-hydrogen) atoms. The van der Waals surface area contributed by atoms with E-state index in [1.807, 2.05) is 30.3 Å². The molecule has 0 aliphatic heterocycles. The molecule has 2 heterocycles. The van der Waals surface area contributed by atoms with Crippen LogP contribution < -0.4 is 16.0 Å². The molecule has 1 aromatic carbocycles. The summed E-state index contributed by atoms with van der Waals surface area (Å²) in [5, 5.41) is 0. The van der Waals surface area contributed by atoms with Crippen LogP contribution in [0.2, 0.25) is 0 Å². The Morgan fingerprint density at radius 2 is 1.82 bits per heavy atom. The van der Waals surface area contributed by atoms with Crippen molar-refractivity contribution in [2.24, 2.45) is 14.1 Å². The molecule has 0 spiro atoms. The molecule has 0 saturated carbocycles. The SMILES string of the molecule is Cn1c(=O)c2c(ncn2CCOc2ccccc2)n(C)c1=O. The topological polar surface area (TPSA) is 71.0 Å². The largest absolute Gasteiger partial charge is 0.492 e. The first-order valence-corrected chi connectivity index (χ1v) is 6.88. The predicted octanol–water partition coefficient (Wildman–Crippen LogP) is 0.513. The Labute approximate surface area is 126 Å². The number of fused-ring (bicyclic) bond motifs is 1. The summed E-state index contributed by atoms with van der Waals surface area (Å²) in [7, 11) is 3.06. The first-order chi connectivity index (χ1) is 10.6. The van der Waals surface area contributed by atoms with Gasteiger partial charge in [0, 0.05) is 14.1 Å². The average Bonchev–Trinajstić information content (AvgIpc) is 2.96. The number of aryl methyl sites for hydroxylation is 1. The predicted molar refractivity (Wildman–Crippen MR) is 82.2 cm³/mol. The van der Waals surface area contributed by atoms with Gasteiger partial charge in [-0.15, -0.1) is 0 Å². The Bertz CT molecular complexity index is 922. The number of hydrogen-bond acceptors (Lipinski definition) is 4. The van der Waals surface area contributed by atoms with E-state index < -0.39 is 0 Å². The fourth-order valence-electron chi connectivity index (χ4n) is 2.35. The number of benzene rings is 1. The van der Waals surface area contributed by atoms with E-state index in [1.165, 1.54) is 11.6 Å². The quantitative estimate of drug-likeness (QED) is 0.704. The number of hydrogen-bond donors (Lipinski definition) is 0. The van der Waals surface area contributed by atoms with Crippen molar-refractivity contribution >= 4 is 11.2 Å². The molecule has 3 rings (SSSR count). The highest BCUT2D eigenvalue weighted by atomic mass is 16.5. The van der Waals surface area contributed by atoms with E-state index in [1.54, 1.807) is 17.9 Å². The Morgan fingerprint density at radius 3 is 2.55 bits per heavy atom. The van der Waals surface area contributed by atoms with Crippen molar-refractivity contribution in [3.05, 3.63) is 57.5 Å². The molecule has 7 nitrogen and oxygen atoms in total. The molecule has 0 atom stereocenters. The van der Waals surface area contributed by atoms with Gasteiger partial charge in [-0.05, 0) is 12.1 Å². The van der Waals surface area contributed by atoms with Crippen LogP contribution >= 0.6 is 0 Å². The number of rotatable bonds is 4. The maximum absolute atomic E-state index is 12.3. The van der Waals surface area contributed by atoms with Crippen LogP contribution in [-0.2, 0) is 20.6 Å². The van der Waals surface area contributed by atoms with Crippen LogP contribution in [0.4, 0.5) is 0 Å². The molecule has 0 aliphatic carbocycles. The number of para-hydroxylation sites is 1. The summed E-state index contributed by atoms with van der Waals surface area (Å²) in [5.74, 6) is 0.771. The van der Waals surface area contributed by atoms with Gasteiger partial charge in [-0.1, -0.05) is 18.2 Å². The molecule has 0 saturated heterocycles. The van der Waals surface area contributed by atoms with Crippen molar-refractivity contribution in [2.45, 2.75) is 6.54 Å². The molecule has 7 heteroatoms. The monoisotopic (exact) mass is 300 g/mol. The zero-order chi connectivity index (χ0) is 15.7. The Kier molecular flexibility index (Phi) is 3.54. The van der Waals surface area contributed by atoms with E-state index >= 15 is 0 Å². The number of nitrogens with zero attached hydrogens (tertiary/aromatic N) is 4. The molecule has 0 aliphatic rings. The molecule has 2 aromatic heterocycles. The van der Waals surface area contributed by atoms with Crippen LogP contribution in [0, 0.1) is 0 Å². The van der Waals surface area contributed by atoms with E-state index in [9.17, 15) is 9.59 Å². The van der Waals surface area contributed by atoms with E-state index in [0.717, 1.165) is 10.3 Å². The average molecular weight is 300 g/mol. The minimum Gasteiger partial charge on any atom is -0.492 e. The van der Waals surface area contributed by atoms with E-state index in [2.05, 4.69) is 4.98 Å². The minimum absolute atomic E-state index is 0.352. The molecule has 114 valence electrons. The molecule has 0 bridgehead atoms. The highest BCUT2D eigenvalue weighted by Gasteiger charge is 2.13. The first-order valence-electron chi connectivity index (χ1n) is 6.88. The molecule has 3 aromatic rings. The second-order valence-electron chi connectivity index (χ2n) is 4.98. The van der Waals surface area contributed by atoms with Crippen LogP contribution in [0.5, 0.6) is 5.75 Å². The molecule has 0 radical (unpaired) electrons. The third-order valence-corrected chi connectivity index (χ3v) is 3.56. The summed E-state index contributed by atoms with van der Waals surface area (Å²) in [5.41, 5.74) is 0.0488. The standard InChI is InChI=1S/C15H16N4O3/c1-17-13-12(14(20)18(2)15(17)21)19(10-16-13)8-9-22-11-6-4-3-5-7-11/h3-7,10H,8-9H2,1-2H3. The van der Waals surface area contributed by atoms with Gasteiger partial charge in [-0.3, -0.25) is 13.9 Å². The molecular formula is C15H16N4O3. The summed E-state index contributed by atoms with van der Waals surface area (Å²) >= 11 is 0. The van der Waals surface area contributed by atoms with Gasteiger partial charge in [0.25, 0.3) is 5.56 Å². The first kappa shape index (κ1) is 14.1. The van der Waals surface area contributed by atoms with Gasteiger partial charge < -0.3 is 9.30 Å². The van der Waals surface area contributed by atoms with Gasteiger partial charge >= 0.3 is 5.69 Å². The molecule has 0 unspecified atom stereocenters. The second kappa shape index (κ2) is 5.51. The maximum Gasteiger partial charge on any atom is 0.332 e. The summed E-state index contributed by atoms with van der Waals surface area (Å²) in [4.78, 5) is 28.3. The molecule has 0 amide bonds. The zero-order valence-electron chi connectivity index (χ0n) is 12.4. The number of ether oxygens (including phenoxy) is 1. The fraction of sp³-hybridized carbons (Fsp3) is 0.267. The second-order valence-corrected chi connectivity index (χ2v) is 4.98. The molecule has 0 fully saturated rings. The van der Waals surface area contributed by atoms with Gasteiger partial charge in [0.1, 0.15) is 12.4 Å². The normalized spacial score (nSPS) is 11.0. The van der Waals surface area contributed by atoms with E-state index in [0.29, 0.717) is 24.3 Å². The lowest BCUT2D eigenvalue weighted by molar-refractivity contribution is 0.300. The number of imidazole rings is 1. The van der Waals surface area contributed by atoms with Crippen molar-refractivity contribution in [1.82, 2.24) is 18.7 Å². The van der Waals surface area contributed by atoms with Crippen molar-refractivity contribution in [1.29, 1.82) is 0 Å². The van der Waals surface area contributed by atoms with Crippen molar-refractivity contribution < 1.29 is 4.74 Å². The van der Waals surface area contributed by atoms with E-state index in [4.69, 9.17) is 4.74 Å². The molecular weight excluding hydrogens is 284 g/mol. The van der Waals surface area contributed by atoms with Crippen LogP contribution in [0.25, 0.3) is 11.2 Å². The van der Waals surface area contributed by atoms with Crippen LogP contribution in [0.15, 0.2) is 46.2 Å². The Morgan fingerprint density at radius 1 is 1.09 bits per heavy atom.